The zero-order valence-corrected chi connectivity index (χ0v) is 11.8. The molecule has 0 amide bonds. The van der Waals surface area contributed by atoms with Crippen LogP contribution in [0.1, 0.15) is 30.2 Å². The molecule has 0 saturated heterocycles. The van der Waals surface area contributed by atoms with Gasteiger partial charge in [0.05, 0.1) is 18.6 Å². The van der Waals surface area contributed by atoms with Gasteiger partial charge < -0.3 is 14.9 Å². The van der Waals surface area contributed by atoms with Gasteiger partial charge in [0.25, 0.3) is 0 Å². The van der Waals surface area contributed by atoms with Crippen molar-refractivity contribution in [1.29, 1.82) is 0 Å². The summed E-state index contributed by atoms with van der Waals surface area (Å²) in [6.07, 6.45) is 5.37. The van der Waals surface area contributed by atoms with Gasteiger partial charge in [-0.15, -0.1) is 0 Å². The van der Waals surface area contributed by atoms with Crippen molar-refractivity contribution in [3.63, 3.8) is 0 Å². The van der Waals surface area contributed by atoms with Crippen molar-refractivity contribution in [2.45, 2.75) is 26.7 Å². The van der Waals surface area contributed by atoms with Crippen molar-refractivity contribution in [1.82, 2.24) is 9.97 Å². The number of ether oxygens (including phenoxy) is 1. The van der Waals surface area contributed by atoms with E-state index in [1.807, 2.05) is 31.3 Å². The van der Waals surface area contributed by atoms with Crippen LogP contribution in [0, 0.1) is 6.92 Å². The van der Waals surface area contributed by atoms with Gasteiger partial charge in [-0.05, 0) is 50.5 Å². The molecule has 1 heterocycles. The second-order valence-electron chi connectivity index (χ2n) is 4.69. The average Bonchev–Trinajstić information content (AvgIpc) is 2.96. The average molecular weight is 273 g/mol. The van der Waals surface area contributed by atoms with E-state index in [0.29, 0.717) is 12.3 Å². The van der Waals surface area contributed by atoms with Gasteiger partial charge >= 0.3 is 0 Å². The number of imidazole rings is 1. The van der Waals surface area contributed by atoms with E-state index < -0.39 is 0 Å². The third kappa shape index (κ3) is 3.60. The van der Waals surface area contributed by atoms with Gasteiger partial charge in [0.15, 0.2) is 0 Å². The molecule has 0 atom stereocenters. The van der Waals surface area contributed by atoms with Crippen LogP contribution in [-0.2, 0) is 6.42 Å². The van der Waals surface area contributed by atoms with Crippen LogP contribution in [0.2, 0.25) is 0 Å². The molecule has 5 heteroatoms. The van der Waals surface area contributed by atoms with Crippen molar-refractivity contribution in [3.8, 4) is 5.75 Å². The van der Waals surface area contributed by atoms with E-state index in [1.165, 1.54) is 0 Å². The Morgan fingerprint density at radius 2 is 2.30 bits per heavy atom. The molecule has 20 heavy (non-hydrogen) atoms. The van der Waals surface area contributed by atoms with Gasteiger partial charge in [0, 0.05) is 17.5 Å². The second-order valence-corrected chi connectivity index (χ2v) is 4.69. The number of hydrogen-bond acceptors (Lipinski definition) is 4. The van der Waals surface area contributed by atoms with E-state index in [0.717, 1.165) is 35.4 Å². The molecule has 0 fully saturated rings. The number of nitrogens with one attached hydrogen (secondary N) is 1. The summed E-state index contributed by atoms with van der Waals surface area (Å²) in [6, 6.07) is 5.77. The Morgan fingerprint density at radius 1 is 1.45 bits per heavy atom. The molecule has 2 aromatic rings. The summed E-state index contributed by atoms with van der Waals surface area (Å²) in [4.78, 5) is 7.04. The van der Waals surface area contributed by atoms with Crippen LogP contribution in [-0.4, -0.2) is 27.5 Å². The number of benzene rings is 1. The van der Waals surface area contributed by atoms with Gasteiger partial charge in [-0.1, -0.05) is 5.16 Å². The molecule has 1 aromatic carbocycles. The molecular formula is C15H19N3O2. The van der Waals surface area contributed by atoms with E-state index >= 15 is 0 Å². The van der Waals surface area contributed by atoms with Crippen molar-refractivity contribution in [3.05, 3.63) is 47.5 Å². The Balaban J connectivity index is 1.86. The van der Waals surface area contributed by atoms with Gasteiger partial charge in [0.1, 0.15) is 5.75 Å². The van der Waals surface area contributed by atoms with Gasteiger partial charge in [-0.25, -0.2) is 4.98 Å². The maximum atomic E-state index is 8.79. The summed E-state index contributed by atoms with van der Waals surface area (Å²) < 4.78 is 5.72. The molecule has 0 aliphatic carbocycles. The maximum absolute atomic E-state index is 8.79. The molecule has 0 aliphatic heterocycles. The summed E-state index contributed by atoms with van der Waals surface area (Å²) >= 11 is 0. The molecule has 5 nitrogen and oxygen atoms in total. The van der Waals surface area contributed by atoms with E-state index in [1.54, 1.807) is 13.3 Å². The van der Waals surface area contributed by atoms with Crippen molar-refractivity contribution in [2.75, 3.05) is 6.61 Å². The number of aromatic nitrogens is 2. The monoisotopic (exact) mass is 273 g/mol. The molecule has 0 radical (unpaired) electrons. The lowest BCUT2D eigenvalue weighted by molar-refractivity contribution is 0.310. The van der Waals surface area contributed by atoms with Crippen LogP contribution in [0.5, 0.6) is 5.75 Å². The van der Waals surface area contributed by atoms with Crippen LogP contribution < -0.4 is 4.74 Å². The number of H-pyrrole nitrogens is 1. The summed E-state index contributed by atoms with van der Waals surface area (Å²) in [7, 11) is 0. The number of rotatable bonds is 6. The summed E-state index contributed by atoms with van der Waals surface area (Å²) in [6.45, 7) is 4.40. The SMILES string of the molecule is C/C(=N\O)c1ccc(OCCCc2cnc[nH]2)cc1C. The van der Waals surface area contributed by atoms with E-state index in [4.69, 9.17) is 9.94 Å². The lowest BCUT2D eigenvalue weighted by Crippen LogP contribution is -2.02. The molecule has 2 N–H and O–H groups in total. The Bertz CT molecular complexity index is 577. The van der Waals surface area contributed by atoms with Crippen molar-refractivity contribution in [2.24, 2.45) is 5.16 Å². The molecule has 2 rings (SSSR count). The third-order valence-electron chi connectivity index (χ3n) is 3.15. The summed E-state index contributed by atoms with van der Waals surface area (Å²) in [5, 5.41) is 12.0. The summed E-state index contributed by atoms with van der Waals surface area (Å²) in [5.41, 5.74) is 3.69. The lowest BCUT2D eigenvalue weighted by atomic mass is 10.1. The molecule has 0 unspecified atom stereocenters. The minimum Gasteiger partial charge on any atom is -0.494 e. The fourth-order valence-electron chi connectivity index (χ4n) is 2.06. The number of aromatic amines is 1. The largest absolute Gasteiger partial charge is 0.494 e. The highest BCUT2D eigenvalue weighted by molar-refractivity contribution is 5.99. The number of aryl methyl sites for hydroxylation is 2. The maximum Gasteiger partial charge on any atom is 0.119 e. The Morgan fingerprint density at radius 3 is 2.95 bits per heavy atom. The van der Waals surface area contributed by atoms with E-state index in [2.05, 4.69) is 15.1 Å². The number of hydrogen-bond donors (Lipinski definition) is 2. The zero-order valence-electron chi connectivity index (χ0n) is 11.8. The highest BCUT2D eigenvalue weighted by Gasteiger charge is 2.04. The van der Waals surface area contributed by atoms with Crippen molar-refractivity contribution >= 4 is 5.71 Å². The predicted octanol–water partition coefficient (Wildman–Crippen LogP) is 2.93. The highest BCUT2D eigenvalue weighted by atomic mass is 16.5. The van der Waals surface area contributed by atoms with Gasteiger partial charge in [-0.3, -0.25) is 0 Å². The first-order valence-corrected chi connectivity index (χ1v) is 6.60. The fourth-order valence-corrected chi connectivity index (χ4v) is 2.06. The molecule has 0 aliphatic rings. The number of nitrogens with zero attached hydrogens (tertiary/aromatic N) is 2. The molecule has 0 spiro atoms. The first kappa shape index (κ1) is 14.1. The first-order valence-electron chi connectivity index (χ1n) is 6.60. The van der Waals surface area contributed by atoms with Crippen molar-refractivity contribution < 1.29 is 9.94 Å². The molecular weight excluding hydrogens is 254 g/mol. The van der Waals surface area contributed by atoms with Gasteiger partial charge in [-0.2, -0.15) is 0 Å². The van der Waals surface area contributed by atoms with Crippen LogP contribution in [0.25, 0.3) is 0 Å². The highest BCUT2D eigenvalue weighted by Crippen LogP contribution is 2.18. The Hall–Kier alpha value is -2.30. The molecule has 1 aromatic heterocycles. The van der Waals surface area contributed by atoms with E-state index in [-0.39, 0.29) is 0 Å². The predicted molar refractivity (Wildman–Crippen MR) is 77.6 cm³/mol. The normalized spacial score (nSPS) is 11.6. The van der Waals surface area contributed by atoms with Crippen LogP contribution in [0.4, 0.5) is 0 Å². The van der Waals surface area contributed by atoms with Crippen LogP contribution in [0.15, 0.2) is 35.9 Å². The zero-order chi connectivity index (χ0) is 14.4. The Kier molecular flexibility index (Phi) is 4.76. The molecule has 0 bridgehead atoms. The summed E-state index contributed by atoms with van der Waals surface area (Å²) in [5.74, 6) is 0.835. The lowest BCUT2D eigenvalue weighted by Gasteiger charge is -2.09. The quantitative estimate of drug-likeness (QED) is 0.368. The van der Waals surface area contributed by atoms with Crippen LogP contribution in [0.3, 0.4) is 0 Å². The molecule has 0 saturated carbocycles. The van der Waals surface area contributed by atoms with Crippen LogP contribution >= 0.6 is 0 Å². The first-order chi connectivity index (χ1) is 9.70. The fraction of sp³-hybridized carbons (Fsp3) is 0.333. The second kappa shape index (κ2) is 6.75. The topological polar surface area (TPSA) is 70.5 Å². The number of oxime groups is 1. The molecule has 106 valence electrons. The standard InChI is InChI=1S/C15H19N3O2/c1-11-8-14(5-6-15(11)12(2)18-19)20-7-3-4-13-9-16-10-17-13/h5-6,8-10,19H,3-4,7H2,1-2H3,(H,16,17)/b18-12+. The van der Waals surface area contributed by atoms with E-state index in [9.17, 15) is 0 Å². The smallest absolute Gasteiger partial charge is 0.119 e. The Labute approximate surface area is 118 Å². The minimum absolute atomic E-state index is 0.605. The minimum atomic E-state index is 0.605. The van der Waals surface area contributed by atoms with Gasteiger partial charge in [0.2, 0.25) is 0 Å². The third-order valence-corrected chi connectivity index (χ3v) is 3.15.